The minimum Gasteiger partial charge on any atom is -0.548 e. The Bertz CT molecular complexity index is 941. The van der Waals surface area contributed by atoms with E-state index < -0.39 is 42.7 Å². The number of benzene rings is 2. The van der Waals surface area contributed by atoms with E-state index in [1.165, 1.54) is 48.5 Å². The van der Waals surface area contributed by atoms with E-state index in [0.717, 1.165) is 0 Å². The predicted molar refractivity (Wildman–Crippen MR) is 91.5 cm³/mol. The fraction of sp³-hybridized carbons (Fsp3) is 0.125. The van der Waals surface area contributed by atoms with Crippen molar-refractivity contribution in [2.45, 2.75) is 10.5 Å². The summed E-state index contributed by atoms with van der Waals surface area (Å²) in [5, 5.41) is 16.9. The largest absolute Gasteiger partial charge is 1.00 e. The van der Waals surface area contributed by atoms with Gasteiger partial charge in [0.15, 0.2) is 10.5 Å². The van der Waals surface area contributed by atoms with Gasteiger partial charge in [-0.2, -0.15) is 16.8 Å². The second-order valence-electron chi connectivity index (χ2n) is 5.25. The van der Waals surface area contributed by atoms with E-state index in [1.807, 2.05) is 0 Å². The maximum atomic E-state index is 10.7. The molecule has 2 aromatic carbocycles. The van der Waals surface area contributed by atoms with Crippen LogP contribution >= 0.6 is 0 Å². The van der Waals surface area contributed by atoms with Crippen LogP contribution < -0.4 is 47.9 Å². The van der Waals surface area contributed by atoms with E-state index >= 15 is 0 Å². The first-order valence-electron chi connectivity index (χ1n) is 7.30. The van der Waals surface area contributed by atoms with Gasteiger partial charge in [0, 0.05) is 0 Å². The molecule has 0 aromatic heterocycles. The van der Waals surface area contributed by atoms with Crippen molar-refractivity contribution in [3.8, 4) is 0 Å². The topological polar surface area (TPSA) is 189 Å². The second kappa shape index (κ2) is 12.9. The van der Waals surface area contributed by atoms with Crippen molar-refractivity contribution in [2.75, 3.05) is 0 Å². The van der Waals surface area contributed by atoms with Crippen molar-refractivity contribution in [2.24, 2.45) is 0 Å². The molecule has 0 bridgehead atoms. The maximum Gasteiger partial charge on any atom is 1.00 e. The van der Waals surface area contributed by atoms with Gasteiger partial charge in [0.25, 0.3) is 20.2 Å². The van der Waals surface area contributed by atoms with E-state index in [1.54, 1.807) is 12.1 Å². The van der Waals surface area contributed by atoms with E-state index in [2.05, 4.69) is 0 Å². The van der Waals surface area contributed by atoms with Crippen molar-refractivity contribution in [1.29, 1.82) is 0 Å². The fourth-order valence-electron chi connectivity index (χ4n) is 2.11. The van der Waals surface area contributed by atoms with Crippen LogP contribution in [-0.2, 0) is 29.8 Å². The Morgan fingerprint density at radius 1 is 0.633 bits per heavy atom. The summed E-state index contributed by atoms with van der Waals surface area (Å²) >= 11 is 0. The summed E-state index contributed by atoms with van der Waals surface area (Å²) < 4.78 is 60.1. The van der Waals surface area contributed by atoms with Gasteiger partial charge in [-0.3, -0.25) is 9.11 Å². The molecule has 0 aliphatic rings. The normalized spacial score (nSPS) is 12.6. The molecule has 10 nitrogen and oxygen atoms in total. The standard InChI is InChI=1S/2C8H8O5S.2Li/c2*9-8(10)7(14(11,12)13)6-4-2-1-3-5-6;;/h2*1-5,7H,(H,9,10)(H,11,12,13);;/q;;2*+1/p-2. The van der Waals surface area contributed by atoms with Gasteiger partial charge in [-0.25, -0.2) is 0 Å². The van der Waals surface area contributed by atoms with Crippen LogP contribution in [0.4, 0.5) is 0 Å². The van der Waals surface area contributed by atoms with Crippen molar-refractivity contribution in [1.82, 2.24) is 0 Å². The SMILES string of the molecule is O=C([O-])C(c1ccccc1)S(=O)(=O)O.O=C([O-])C(c1ccccc1)S(=O)(=O)O.[Li+].[Li+]. The summed E-state index contributed by atoms with van der Waals surface area (Å²) in [7, 11) is -9.36. The zero-order valence-corrected chi connectivity index (χ0v) is 17.5. The molecule has 2 unspecified atom stereocenters. The third-order valence-corrected chi connectivity index (χ3v) is 5.35. The molecule has 0 spiro atoms. The number of aliphatic carboxylic acids is 2. The first-order valence-corrected chi connectivity index (χ1v) is 10.3. The smallest absolute Gasteiger partial charge is 0.548 e. The Hall–Kier alpha value is -1.61. The van der Waals surface area contributed by atoms with Gasteiger partial charge < -0.3 is 19.8 Å². The summed E-state index contributed by atoms with van der Waals surface area (Å²) in [4.78, 5) is 21.0. The Morgan fingerprint density at radius 2 is 0.867 bits per heavy atom. The molecule has 2 atom stereocenters. The molecule has 0 aliphatic heterocycles. The Balaban J connectivity index is 0. The van der Waals surface area contributed by atoms with Crippen LogP contribution in [0.15, 0.2) is 60.7 Å². The Labute approximate surface area is 197 Å². The second-order valence-corrected chi connectivity index (χ2v) is 8.25. The maximum absolute atomic E-state index is 10.7. The van der Waals surface area contributed by atoms with Gasteiger partial charge in [0.1, 0.15) is 0 Å². The molecule has 14 heteroatoms. The molecule has 0 saturated heterocycles. The number of hydrogen-bond acceptors (Lipinski definition) is 8. The molecular formula is C16H14Li2O10S2. The average Bonchev–Trinajstić information content (AvgIpc) is 2.54. The van der Waals surface area contributed by atoms with Gasteiger partial charge in [-0.05, 0) is 11.1 Å². The Morgan fingerprint density at radius 3 is 1.03 bits per heavy atom. The first kappa shape index (κ1) is 30.6. The third-order valence-electron chi connectivity index (χ3n) is 3.23. The number of hydrogen-bond donors (Lipinski definition) is 2. The van der Waals surface area contributed by atoms with Gasteiger partial charge in [0.2, 0.25) is 0 Å². The van der Waals surface area contributed by atoms with Crippen LogP contribution in [0.2, 0.25) is 0 Å². The van der Waals surface area contributed by atoms with Gasteiger partial charge in [0.05, 0.1) is 11.9 Å². The molecule has 2 aromatic rings. The van der Waals surface area contributed by atoms with Crippen molar-refractivity contribution in [3.63, 3.8) is 0 Å². The van der Waals surface area contributed by atoms with Crippen LogP contribution in [-0.4, -0.2) is 37.9 Å². The summed E-state index contributed by atoms with van der Waals surface area (Å²) in [6.45, 7) is 0. The number of carboxylic acids is 2. The summed E-state index contributed by atoms with van der Waals surface area (Å²) in [6, 6.07) is 14.2. The molecule has 0 radical (unpaired) electrons. The van der Waals surface area contributed by atoms with Gasteiger partial charge in [-0.15, -0.1) is 0 Å². The minimum absolute atomic E-state index is 0. The summed E-state index contributed by atoms with van der Waals surface area (Å²) in [6.07, 6.45) is 0. The Kier molecular flexibility index (Phi) is 13.2. The van der Waals surface area contributed by atoms with E-state index in [9.17, 15) is 36.6 Å². The number of rotatable bonds is 6. The van der Waals surface area contributed by atoms with Crippen LogP contribution in [0.5, 0.6) is 0 Å². The summed E-state index contributed by atoms with van der Waals surface area (Å²) in [5.41, 5.74) is -0.0648. The van der Waals surface area contributed by atoms with Crippen LogP contribution in [0.1, 0.15) is 21.6 Å². The zero-order valence-electron chi connectivity index (χ0n) is 15.9. The monoisotopic (exact) mass is 444 g/mol. The molecule has 0 heterocycles. The van der Waals surface area contributed by atoms with Crippen LogP contribution in [0.3, 0.4) is 0 Å². The molecule has 0 saturated carbocycles. The molecule has 2 rings (SSSR count). The van der Waals surface area contributed by atoms with Crippen molar-refractivity contribution >= 4 is 32.2 Å². The molecule has 0 aliphatic carbocycles. The third kappa shape index (κ3) is 9.47. The van der Waals surface area contributed by atoms with Gasteiger partial charge in [-0.1, -0.05) is 60.7 Å². The predicted octanol–water partition coefficient (Wildman–Crippen LogP) is -7.26. The molecule has 30 heavy (non-hydrogen) atoms. The van der Waals surface area contributed by atoms with Crippen molar-refractivity contribution in [3.05, 3.63) is 71.8 Å². The first-order chi connectivity index (χ1) is 12.9. The molecule has 152 valence electrons. The van der Waals surface area contributed by atoms with Crippen LogP contribution in [0, 0.1) is 0 Å². The summed E-state index contributed by atoms with van der Waals surface area (Å²) in [5.74, 6) is -3.70. The van der Waals surface area contributed by atoms with Crippen molar-refractivity contribution < 1.29 is 83.5 Å². The number of carboxylic acid groups (broad SMARTS) is 2. The van der Waals surface area contributed by atoms with E-state index in [4.69, 9.17) is 9.11 Å². The molecule has 0 fully saturated rings. The minimum atomic E-state index is -4.68. The van der Waals surface area contributed by atoms with Gasteiger partial charge >= 0.3 is 37.7 Å². The van der Waals surface area contributed by atoms with E-state index in [0.29, 0.717) is 0 Å². The van der Waals surface area contributed by atoms with Crippen LogP contribution in [0.25, 0.3) is 0 Å². The van der Waals surface area contributed by atoms with E-state index in [-0.39, 0.29) is 48.8 Å². The average molecular weight is 444 g/mol. The molecule has 2 N–H and O–H groups in total. The molecular weight excluding hydrogens is 430 g/mol. The molecule has 0 amide bonds. The zero-order chi connectivity index (χ0) is 21.5. The fourth-order valence-corrected chi connectivity index (χ4v) is 3.60. The number of carbonyl (C=O) groups excluding carboxylic acids is 2. The number of carbonyl (C=O) groups is 2. The quantitative estimate of drug-likeness (QED) is 0.320.